The summed E-state index contributed by atoms with van der Waals surface area (Å²) < 4.78 is 1.16. The van der Waals surface area contributed by atoms with Crippen LogP contribution in [-0.2, 0) is 6.54 Å². The van der Waals surface area contributed by atoms with Crippen molar-refractivity contribution in [3.8, 4) is 11.8 Å². The minimum Gasteiger partial charge on any atom is -0.302 e. The highest BCUT2D eigenvalue weighted by Crippen LogP contribution is 2.17. The zero-order chi connectivity index (χ0) is 10.4. The fourth-order valence-corrected chi connectivity index (χ4v) is 1.78. The summed E-state index contributed by atoms with van der Waals surface area (Å²) in [6, 6.07) is 6.38. The molecule has 0 saturated heterocycles. The Bertz CT molecular complexity index is 360. The average Bonchev–Trinajstić information content (AvgIpc) is 2.15. The Labute approximate surface area is 94.0 Å². The molecule has 0 spiro atoms. The van der Waals surface area contributed by atoms with Crippen LogP contribution in [0.4, 0.5) is 0 Å². The van der Waals surface area contributed by atoms with Crippen LogP contribution in [0, 0.1) is 18.8 Å². The summed E-state index contributed by atoms with van der Waals surface area (Å²) in [5.74, 6) is 5.83. The van der Waals surface area contributed by atoms with E-state index < -0.39 is 0 Å². The summed E-state index contributed by atoms with van der Waals surface area (Å²) in [7, 11) is 0. The van der Waals surface area contributed by atoms with E-state index in [4.69, 9.17) is 0 Å². The van der Waals surface area contributed by atoms with Crippen LogP contribution in [-0.4, -0.2) is 6.54 Å². The van der Waals surface area contributed by atoms with Gasteiger partial charge in [0, 0.05) is 11.0 Å². The molecular formula is C12H14BrN. The Balaban J connectivity index is 2.53. The second-order valence-electron chi connectivity index (χ2n) is 3.13. The molecule has 0 unspecified atom stereocenters. The van der Waals surface area contributed by atoms with Crippen LogP contribution in [0.3, 0.4) is 0 Å². The molecule has 0 amide bonds. The Hall–Kier alpha value is -0.780. The van der Waals surface area contributed by atoms with Crippen molar-refractivity contribution in [2.45, 2.75) is 20.4 Å². The molecule has 0 aliphatic heterocycles. The fraction of sp³-hybridized carbons (Fsp3) is 0.333. The third kappa shape index (κ3) is 3.53. The lowest BCUT2D eigenvalue weighted by atomic mass is 10.1. The maximum atomic E-state index is 3.54. The summed E-state index contributed by atoms with van der Waals surface area (Å²) >= 11 is 3.54. The van der Waals surface area contributed by atoms with Gasteiger partial charge in [-0.15, -0.1) is 5.92 Å². The molecule has 1 aromatic rings. The fourth-order valence-electron chi connectivity index (χ4n) is 1.14. The summed E-state index contributed by atoms with van der Waals surface area (Å²) in [6.07, 6.45) is 0. The standard InChI is InChI=1S/C12H14BrN/c1-3-4-7-14-9-11-6-5-10(2)8-12(11)13/h5-6,8,14H,7,9H2,1-2H3. The predicted molar refractivity (Wildman–Crippen MR) is 64.0 cm³/mol. The molecule has 0 radical (unpaired) electrons. The molecule has 74 valence electrons. The van der Waals surface area contributed by atoms with Gasteiger partial charge < -0.3 is 5.32 Å². The van der Waals surface area contributed by atoms with Gasteiger partial charge in [-0.3, -0.25) is 0 Å². The van der Waals surface area contributed by atoms with E-state index in [0.29, 0.717) is 0 Å². The highest BCUT2D eigenvalue weighted by Gasteiger charge is 1.98. The Morgan fingerprint density at radius 3 is 2.86 bits per heavy atom. The third-order valence-corrected chi connectivity index (χ3v) is 2.65. The highest BCUT2D eigenvalue weighted by atomic mass is 79.9. The zero-order valence-corrected chi connectivity index (χ0v) is 10.1. The lowest BCUT2D eigenvalue weighted by molar-refractivity contribution is 0.767. The minimum atomic E-state index is 0.747. The summed E-state index contributed by atoms with van der Waals surface area (Å²) in [4.78, 5) is 0. The first-order chi connectivity index (χ1) is 6.74. The van der Waals surface area contributed by atoms with Crippen molar-refractivity contribution in [2.24, 2.45) is 0 Å². The maximum absolute atomic E-state index is 3.54. The second kappa shape index (κ2) is 5.85. The van der Waals surface area contributed by atoms with Gasteiger partial charge in [-0.05, 0) is 31.0 Å². The molecule has 2 heteroatoms. The normalized spacial score (nSPS) is 9.36. The third-order valence-electron chi connectivity index (χ3n) is 1.91. The van der Waals surface area contributed by atoms with Gasteiger partial charge in [0.2, 0.25) is 0 Å². The maximum Gasteiger partial charge on any atom is 0.0579 e. The lowest BCUT2D eigenvalue weighted by Crippen LogP contribution is -2.13. The lowest BCUT2D eigenvalue weighted by Gasteiger charge is -2.05. The highest BCUT2D eigenvalue weighted by molar-refractivity contribution is 9.10. The molecule has 14 heavy (non-hydrogen) atoms. The molecule has 0 aliphatic rings. The first kappa shape index (κ1) is 11.3. The van der Waals surface area contributed by atoms with Gasteiger partial charge in [-0.25, -0.2) is 0 Å². The minimum absolute atomic E-state index is 0.747. The second-order valence-corrected chi connectivity index (χ2v) is 3.98. The van der Waals surface area contributed by atoms with Crippen molar-refractivity contribution in [1.82, 2.24) is 5.32 Å². The average molecular weight is 252 g/mol. The molecule has 1 N–H and O–H groups in total. The van der Waals surface area contributed by atoms with Crippen LogP contribution in [0.25, 0.3) is 0 Å². The number of hydrogen-bond acceptors (Lipinski definition) is 1. The molecule has 0 bridgehead atoms. The Morgan fingerprint density at radius 2 is 2.21 bits per heavy atom. The number of halogens is 1. The Kier molecular flexibility index (Phi) is 4.72. The molecule has 0 atom stereocenters. The van der Waals surface area contributed by atoms with Gasteiger partial charge in [-0.2, -0.15) is 0 Å². The molecular weight excluding hydrogens is 238 g/mol. The van der Waals surface area contributed by atoms with E-state index in [1.54, 1.807) is 0 Å². The van der Waals surface area contributed by atoms with Crippen molar-refractivity contribution in [3.05, 3.63) is 33.8 Å². The van der Waals surface area contributed by atoms with E-state index in [9.17, 15) is 0 Å². The largest absolute Gasteiger partial charge is 0.302 e. The number of hydrogen-bond donors (Lipinski definition) is 1. The predicted octanol–water partition coefficient (Wildman–Crippen LogP) is 2.87. The van der Waals surface area contributed by atoms with E-state index in [-0.39, 0.29) is 0 Å². The van der Waals surface area contributed by atoms with Crippen molar-refractivity contribution in [1.29, 1.82) is 0 Å². The van der Waals surface area contributed by atoms with Crippen molar-refractivity contribution in [2.75, 3.05) is 6.54 Å². The number of rotatable bonds is 3. The van der Waals surface area contributed by atoms with Crippen LogP contribution in [0.15, 0.2) is 22.7 Å². The molecule has 1 nitrogen and oxygen atoms in total. The SMILES string of the molecule is CC#CCNCc1ccc(C)cc1Br. The smallest absolute Gasteiger partial charge is 0.0579 e. The van der Waals surface area contributed by atoms with E-state index in [1.807, 2.05) is 6.92 Å². The quantitative estimate of drug-likeness (QED) is 0.644. The van der Waals surface area contributed by atoms with Gasteiger partial charge in [0.1, 0.15) is 0 Å². The van der Waals surface area contributed by atoms with Crippen LogP contribution in [0.1, 0.15) is 18.1 Å². The van der Waals surface area contributed by atoms with Crippen LogP contribution >= 0.6 is 15.9 Å². The summed E-state index contributed by atoms with van der Waals surface area (Å²) in [6.45, 7) is 5.54. The van der Waals surface area contributed by atoms with Crippen molar-refractivity contribution >= 4 is 15.9 Å². The summed E-state index contributed by atoms with van der Waals surface area (Å²) in [5, 5.41) is 3.26. The summed E-state index contributed by atoms with van der Waals surface area (Å²) in [5.41, 5.74) is 2.54. The van der Waals surface area contributed by atoms with Crippen molar-refractivity contribution in [3.63, 3.8) is 0 Å². The molecule has 1 rings (SSSR count). The van der Waals surface area contributed by atoms with E-state index in [0.717, 1.165) is 17.6 Å². The van der Waals surface area contributed by atoms with Gasteiger partial charge >= 0.3 is 0 Å². The van der Waals surface area contributed by atoms with E-state index in [1.165, 1.54) is 11.1 Å². The molecule has 0 heterocycles. The van der Waals surface area contributed by atoms with E-state index in [2.05, 4.69) is 58.2 Å². The first-order valence-corrected chi connectivity index (χ1v) is 5.38. The van der Waals surface area contributed by atoms with Crippen molar-refractivity contribution < 1.29 is 0 Å². The molecule has 0 aromatic heterocycles. The molecule has 0 aliphatic carbocycles. The zero-order valence-electron chi connectivity index (χ0n) is 8.52. The van der Waals surface area contributed by atoms with Crippen LogP contribution < -0.4 is 5.32 Å². The van der Waals surface area contributed by atoms with E-state index >= 15 is 0 Å². The number of benzene rings is 1. The van der Waals surface area contributed by atoms with Gasteiger partial charge in [0.05, 0.1) is 6.54 Å². The Morgan fingerprint density at radius 1 is 1.43 bits per heavy atom. The first-order valence-electron chi connectivity index (χ1n) is 4.59. The molecule has 0 saturated carbocycles. The number of aryl methyl sites for hydroxylation is 1. The van der Waals surface area contributed by atoms with Gasteiger partial charge in [0.15, 0.2) is 0 Å². The molecule has 0 fully saturated rings. The monoisotopic (exact) mass is 251 g/mol. The van der Waals surface area contributed by atoms with Gasteiger partial charge in [0.25, 0.3) is 0 Å². The topological polar surface area (TPSA) is 12.0 Å². The van der Waals surface area contributed by atoms with Crippen LogP contribution in [0.2, 0.25) is 0 Å². The molecule has 1 aromatic carbocycles. The van der Waals surface area contributed by atoms with Crippen LogP contribution in [0.5, 0.6) is 0 Å². The van der Waals surface area contributed by atoms with Gasteiger partial charge in [-0.1, -0.05) is 34.0 Å². The number of nitrogens with one attached hydrogen (secondary N) is 1.